The summed E-state index contributed by atoms with van der Waals surface area (Å²) in [7, 11) is 0. The van der Waals surface area contributed by atoms with Crippen LogP contribution in [0, 0.1) is 0 Å². The lowest BCUT2D eigenvalue weighted by molar-refractivity contribution is 1.69. The molecule has 0 spiro atoms. The Hall–Kier alpha value is -0.340. The Kier molecular flexibility index (Phi) is 2.25. The maximum atomic E-state index is 5.65. The van der Waals surface area contributed by atoms with Gasteiger partial charge in [-0.25, -0.2) is 0 Å². The van der Waals surface area contributed by atoms with E-state index in [2.05, 4.69) is 17.5 Å². The highest BCUT2D eigenvalue weighted by Crippen LogP contribution is 2.14. The number of nitrogens with one attached hydrogen (secondary N) is 1. The maximum Gasteiger partial charge on any atom is 0.0452 e. The largest absolute Gasteiger partial charge is 0.332 e. The Labute approximate surface area is 64.6 Å². The molecule has 48 valence electrons. The van der Waals surface area contributed by atoms with Crippen LogP contribution in [0.4, 0.5) is 5.69 Å². The van der Waals surface area contributed by atoms with E-state index in [0.29, 0.717) is 5.02 Å². The van der Waals surface area contributed by atoms with E-state index in [-0.39, 0.29) is 0 Å². The van der Waals surface area contributed by atoms with Crippen molar-refractivity contribution in [1.29, 1.82) is 0 Å². The fraction of sp³-hybridized carbons (Fsp3) is 0. The number of thiol groups is 1. The quantitative estimate of drug-likeness (QED) is 0.601. The van der Waals surface area contributed by atoms with Crippen molar-refractivity contribution < 1.29 is 0 Å². The van der Waals surface area contributed by atoms with Gasteiger partial charge in [0.2, 0.25) is 0 Å². The minimum absolute atomic E-state index is 0.717. The van der Waals surface area contributed by atoms with E-state index in [9.17, 15) is 0 Å². The molecule has 1 aromatic carbocycles. The average Bonchev–Trinajstić information content (AvgIpc) is 1.88. The van der Waals surface area contributed by atoms with Crippen LogP contribution < -0.4 is 4.72 Å². The van der Waals surface area contributed by atoms with Crippen LogP contribution in [0.1, 0.15) is 0 Å². The number of anilines is 1. The van der Waals surface area contributed by atoms with Gasteiger partial charge >= 0.3 is 0 Å². The second-order valence-corrected chi connectivity index (χ2v) is 2.28. The molecule has 0 aliphatic carbocycles. The summed E-state index contributed by atoms with van der Waals surface area (Å²) >= 11 is 9.50. The van der Waals surface area contributed by atoms with E-state index in [1.807, 2.05) is 18.2 Å². The van der Waals surface area contributed by atoms with E-state index in [4.69, 9.17) is 11.6 Å². The molecule has 0 aromatic heterocycles. The molecule has 0 unspecified atom stereocenters. The maximum absolute atomic E-state index is 5.65. The summed E-state index contributed by atoms with van der Waals surface area (Å²) in [4.78, 5) is 0. The van der Waals surface area contributed by atoms with Crippen LogP contribution in [0.5, 0.6) is 0 Å². The van der Waals surface area contributed by atoms with E-state index >= 15 is 0 Å². The third kappa shape index (κ3) is 1.80. The van der Waals surface area contributed by atoms with Gasteiger partial charge in [-0.15, -0.1) is 0 Å². The van der Waals surface area contributed by atoms with Gasteiger partial charge < -0.3 is 4.72 Å². The zero-order valence-corrected chi connectivity index (χ0v) is 6.28. The molecule has 1 nitrogen and oxygen atoms in total. The normalized spacial score (nSPS) is 9.11. The number of rotatable bonds is 1. The molecule has 0 atom stereocenters. The van der Waals surface area contributed by atoms with Crippen LogP contribution in [-0.2, 0) is 0 Å². The predicted molar refractivity (Wildman–Crippen MR) is 44.1 cm³/mol. The first-order valence-electron chi connectivity index (χ1n) is 2.48. The fourth-order valence-corrected chi connectivity index (χ4v) is 0.887. The fourth-order valence-electron chi connectivity index (χ4n) is 0.558. The molecule has 0 saturated carbocycles. The molecule has 9 heavy (non-hydrogen) atoms. The van der Waals surface area contributed by atoms with Crippen LogP contribution in [0.15, 0.2) is 24.3 Å². The Morgan fingerprint density at radius 1 is 1.44 bits per heavy atom. The van der Waals surface area contributed by atoms with Crippen LogP contribution >= 0.6 is 24.4 Å². The highest BCUT2D eigenvalue weighted by atomic mass is 35.5. The van der Waals surface area contributed by atoms with Crippen LogP contribution in [0.25, 0.3) is 0 Å². The van der Waals surface area contributed by atoms with Crippen molar-refractivity contribution in [2.24, 2.45) is 0 Å². The number of hydrogen-bond donors (Lipinski definition) is 2. The standard InChI is InChI=1S/C6H6ClNS/c7-5-2-1-3-6(4-5)8-9/h1-4,8-9H. The third-order valence-electron chi connectivity index (χ3n) is 0.954. The lowest BCUT2D eigenvalue weighted by Gasteiger charge is -1.96. The highest BCUT2D eigenvalue weighted by molar-refractivity contribution is 7.81. The molecule has 0 radical (unpaired) electrons. The Balaban J connectivity index is 2.94. The molecule has 0 saturated heterocycles. The average molecular weight is 160 g/mol. The van der Waals surface area contributed by atoms with Crippen molar-refractivity contribution >= 4 is 30.1 Å². The lowest BCUT2D eigenvalue weighted by atomic mass is 10.3. The molecular formula is C6H6ClNS. The number of halogens is 1. The van der Waals surface area contributed by atoms with Crippen molar-refractivity contribution in [3.05, 3.63) is 29.3 Å². The van der Waals surface area contributed by atoms with Crippen molar-refractivity contribution in [3.8, 4) is 0 Å². The SMILES string of the molecule is SNc1cccc(Cl)c1. The van der Waals surface area contributed by atoms with Crippen LogP contribution in [-0.4, -0.2) is 0 Å². The molecule has 0 fully saturated rings. The topological polar surface area (TPSA) is 12.0 Å². The number of hydrogen-bond acceptors (Lipinski definition) is 2. The van der Waals surface area contributed by atoms with Crippen molar-refractivity contribution in [2.75, 3.05) is 4.72 Å². The Morgan fingerprint density at radius 3 is 2.67 bits per heavy atom. The van der Waals surface area contributed by atoms with Gasteiger partial charge in [0.15, 0.2) is 0 Å². The van der Waals surface area contributed by atoms with E-state index in [0.717, 1.165) is 5.69 Å². The predicted octanol–water partition coefficient (Wildman–Crippen LogP) is 2.60. The first kappa shape index (κ1) is 6.78. The first-order chi connectivity index (χ1) is 4.33. The summed E-state index contributed by atoms with van der Waals surface area (Å²) in [6.07, 6.45) is 0. The Morgan fingerprint density at radius 2 is 2.22 bits per heavy atom. The van der Waals surface area contributed by atoms with Gasteiger partial charge in [0.05, 0.1) is 0 Å². The smallest absolute Gasteiger partial charge is 0.0452 e. The molecule has 1 aromatic rings. The van der Waals surface area contributed by atoms with Gasteiger partial charge in [-0.3, -0.25) is 0 Å². The zero-order valence-electron chi connectivity index (χ0n) is 4.63. The van der Waals surface area contributed by atoms with Gasteiger partial charge in [-0.2, -0.15) is 0 Å². The Bertz CT molecular complexity index is 202. The zero-order chi connectivity index (χ0) is 6.69. The molecule has 0 bridgehead atoms. The molecule has 1 rings (SSSR count). The summed E-state index contributed by atoms with van der Waals surface area (Å²) in [5.74, 6) is 0. The van der Waals surface area contributed by atoms with Crippen molar-refractivity contribution in [3.63, 3.8) is 0 Å². The summed E-state index contributed by atoms with van der Waals surface area (Å²) < 4.78 is 2.68. The second kappa shape index (κ2) is 2.99. The molecule has 1 N–H and O–H groups in total. The second-order valence-electron chi connectivity index (χ2n) is 1.62. The van der Waals surface area contributed by atoms with Crippen LogP contribution in [0.2, 0.25) is 5.02 Å². The molecule has 0 heterocycles. The van der Waals surface area contributed by atoms with Gasteiger partial charge in [0.25, 0.3) is 0 Å². The summed E-state index contributed by atoms with van der Waals surface area (Å²) in [6, 6.07) is 7.37. The molecule has 0 aliphatic heterocycles. The lowest BCUT2D eigenvalue weighted by Crippen LogP contribution is -1.77. The summed E-state index contributed by atoms with van der Waals surface area (Å²) in [6.45, 7) is 0. The van der Waals surface area contributed by atoms with Crippen molar-refractivity contribution in [2.45, 2.75) is 0 Å². The number of benzene rings is 1. The summed E-state index contributed by atoms with van der Waals surface area (Å²) in [5, 5.41) is 0.717. The minimum Gasteiger partial charge on any atom is -0.332 e. The van der Waals surface area contributed by atoms with Gasteiger partial charge in [-0.05, 0) is 18.2 Å². The van der Waals surface area contributed by atoms with Gasteiger partial charge in [0.1, 0.15) is 0 Å². The minimum atomic E-state index is 0.717. The van der Waals surface area contributed by atoms with Crippen molar-refractivity contribution in [1.82, 2.24) is 0 Å². The highest BCUT2D eigenvalue weighted by Gasteiger charge is 1.87. The van der Waals surface area contributed by atoms with Gasteiger partial charge in [0, 0.05) is 10.7 Å². The van der Waals surface area contributed by atoms with E-state index in [1.54, 1.807) is 6.07 Å². The molecule has 0 amide bonds. The third-order valence-corrected chi connectivity index (χ3v) is 1.45. The van der Waals surface area contributed by atoms with Gasteiger partial charge in [-0.1, -0.05) is 30.5 Å². The van der Waals surface area contributed by atoms with E-state index < -0.39 is 0 Å². The first-order valence-corrected chi connectivity index (χ1v) is 3.31. The monoisotopic (exact) mass is 159 g/mol. The van der Waals surface area contributed by atoms with Crippen LogP contribution in [0.3, 0.4) is 0 Å². The summed E-state index contributed by atoms with van der Waals surface area (Å²) in [5.41, 5.74) is 0.908. The van der Waals surface area contributed by atoms with E-state index in [1.165, 1.54) is 0 Å². The molecular weight excluding hydrogens is 154 g/mol. The molecule has 0 aliphatic rings. The molecule has 3 heteroatoms.